The van der Waals surface area contributed by atoms with Crippen molar-refractivity contribution in [2.75, 3.05) is 19.1 Å². The average molecular weight is 576 g/mol. The highest BCUT2D eigenvalue weighted by Gasteiger charge is 2.72. The number of halogens is 1. The number of rotatable bonds is 5. The maximum absolute atomic E-state index is 14.8. The van der Waals surface area contributed by atoms with Crippen LogP contribution in [-0.4, -0.2) is 43.7 Å². The number of fused-ring (bicyclic) bond motifs is 5. The molecule has 6 nitrogen and oxygen atoms in total. The highest BCUT2D eigenvalue weighted by Crippen LogP contribution is 2.62. The fourth-order valence-electron chi connectivity index (χ4n) is 7.15. The third-order valence-corrected chi connectivity index (χ3v) is 9.10. The van der Waals surface area contributed by atoms with Gasteiger partial charge in [0.1, 0.15) is 23.0 Å². The van der Waals surface area contributed by atoms with Gasteiger partial charge in [0.05, 0.1) is 20.3 Å². The number of carbonyl (C=O) groups is 3. The van der Waals surface area contributed by atoms with Gasteiger partial charge in [0.25, 0.3) is 0 Å². The molecule has 1 saturated heterocycles. The molecule has 3 atom stereocenters. The molecule has 2 aliphatic heterocycles. The lowest BCUT2D eigenvalue weighted by atomic mass is 9.64. The minimum atomic E-state index is -1.65. The third kappa shape index (κ3) is 3.48. The van der Waals surface area contributed by atoms with Crippen molar-refractivity contribution < 1.29 is 23.9 Å². The highest BCUT2D eigenvalue weighted by molar-refractivity contribution is 6.33. The summed E-state index contributed by atoms with van der Waals surface area (Å²) in [7, 11) is 3.09. The molecule has 0 bridgehead atoms. The van der Waals surface area contributed by atoms with Gasteiger partial charge in [-0.05, 0) is 42.0 Å². The molecular weight excluding hydrogens is 550 g/mol. The molecule has 0 amide bonds. The van der Waals surface area contributed by atoms with Crippen molar-refractivity contribution >= 4 is 40.7 Å². The predicted molar refractivity (Wildman–Crippen MR) is 161 cm³/mol. The van der Waals surface area contributed by atoms with E-state index < -0.39 is 23.4 Å². The summed E-state index contributed by atoms with van der Waals surface area (Å²) in [5.41, 5.74) is 1.63. The van der Waals surface area contributed by atoms with E-state index in [9.17, 15) is 14.4 Å². The van der Waals surface area contributed by atoms with Crippen LogP contribution in [0.5, 0.6) is 11.5 Å². The molecule has 4 aromatic carbocycles. The average Bonchev–Trinajstić information content (AvgIpc) is 3.46. The summed E-state index contributed by atoms with van der Waals surface area (Å²) < 4.78 is 11.4. The first-order valence-corrected chi connectivity index (χ1v) is 14.1. The number of hydrogen-bond acceptors (Lipinski definition) is 6. The van der Waals surface area contributed by atoms with E-state index in [0.29, 0.717) is 38.8 Å². The van der Waals surface area contributed by atoms with Crippen LogP contribution in [0.4, 0.5) is 5.69 Å². The Bertz CT molecular complexity index is 1780. The normalized spacial score (nSPS) is 21.2. The fraction of sp³-hybridized carbons (Fsp3) is 0.171. The van der Waals surface area contributed by atoms with Gasteiger partial charge >= 0.3 is 0 Å². The monoisotopic (exact) mass is 575 g/mol. The molecular formula is C35H26ClNO5. The van der Waals surface area contributed by atoms with Crippen LogP contribution >= 0.6 is 11.6 Å². The van der Waals surface area contributed by atoms with Crippen LogP contribution in [0.3, 0.4) is 0 Å². The maximum Gasteiger partial charge on any atom is 0.185 e. The molecule has 4 aromatic rings. The summed E-state index contributed by atoms with van der Waals surface area (Å²) in [5, 5.41) is 0.545. The zero-order valence-electron chi connectivity index (χ0n) is 22.9. The number of carbonyl (C=O) groups excluding carboxylic acids is 3. The molecule has 7 rings (SSSR count). The number of nitrogens with zero attached hydrogens (tertiary/aromatic N) is 1. The highest BCUT2D eigenvalue weighted by atomic mass is 35.5. The molecule has 1 aliphatic carbocycles. The molecule has 0 unspecified atom stereocenters. The minimum absolute atomic E-state index is 0.208. The van der Waals surface area contributed by atoms with Gasteiger partial charge in [0, 0.05) is 38.9 Å². The Morgan fingerprint density at radius 3 is 2.19 bits per heavy atom. The zero-order valence-corrected chi connectivity index (χ0v) is 23.7. The summed E-state index contributed by atoms with van der Waals surface area (Å²) in [4.78, 5) is 46.3. The van der Waals surface area contributed by atoms with E-state index in [4.69, 9.17) is 21.1 Å². The summed E-state index contributed by atoms with van der Waals surface area (Å²) >= 11 is 6.38. The van der Waals surface area contributed by atoms with Crippen LogP contribution in [-0.2, 0) is 0 Å². The first kappa shape index (κ1) is 26.2. The van der Waals surface area contributed by atoms with Crippen LogP contribution in [0.1, 0.15) is 48.1 Å². The molecule has 0 saturated carbocycles. The van der Waals surface area contributed by atoms with Crippen LogP contribution in [0, 0.1) is 5.41 Å². The standard InChI is InChI=1S/C35H26ClNO5/c1-41-23-14-16-28(42-2)26(19-23)30-31(32(38)20-8-4-3-5-9-20)37-27-15-13-22(36)18-21(27)12-17-29(37)35(30)33(39)24-10-6-7-11-25(24)34(35)40/h3-19,29-31H,1-2H3/t29-,30+,31+/m1/s1. The van der Waals surface area contributed by atoms with E-state index in [1.807, 2.05) is 47.4 Å². The van der Waals surface area contributed by atoms with E-state index in [2.05, 4.69) is 0 Å². The summed E-state index contributed by atoms with van der Waals surface area (Å²) in [6, 6.07) is 25.0. The quantitative estimate of drug-likeness (QED) is 0.195. The lowest BCUT2D eigenvalue weighted by Crippen LogP contribution is -2.48. The van der Waals surface area contributed by atoms with Crippen molar-refractivity contribution in [3.8, 4) is 11.5 Å². The Kier molecular flexibility index (Phi) is 6.06. The first-order chi connectivity index (χ1) is 20.4. The molecule has 208 valence electrons. The number of anilines is 1. The van der Waals surface area contributed by atoms with Crippen molar-refractivity contribution in [2.45, 2.75) is 18.0 Å². The minimum Gasteiger partial charge on any atom is -0.497 e. The van der Waals surface area contributed by atoms with Gasteiger partial charge in [-0.1, -0.05) is 78.4 Å². The summed E-state index contributed by atoms with van der Waals surface area (Å²) in [5.74, 6) is -0.756. The Balaban J connectivity index is 1.59. The van der Waals surface area contributed by atoms with Crippen molar-refractivity contribution in [3.05, 3.63) is 130 Å². The molecule has 2 heterocycles. The number of benzene rings is 4. The summed E-state index contributed by atoms with van der Waals surface area (Å²) in [6.07, 6.45) is 3.77. The maximum atomic E-state index is 14.8. The van der Waals surface area contributed by atoms with Crippen LogP contribution in [0.25, 0.3) is 6.08 Å². The molecule has 7 heteroatoms. The topological polar surface area (TPSA) is 72.9 Å². The smallest absolute Gasteiger partial charge is 0.185 e. The molecule has 0 radical (unpaired) electrons. The van der Waals surface area contributed by atoms with Gasteiger partial charge < -0.3 is 14.4 Å². The van der Waals surface area contributed by atoms with Crippen molar-refractivity contribution in [1.82, 2.24) is 0 Å². The molecule has 0 N–H and O–H groups in total. The zero-order chi connectivity index (χ0) is 29.2. The Morgan fingerprint density at radius 1 is 0.833 bits per heavy atom. The third-order valence-electron chi connectivity index (χ3n) is 8.86. The van der Waals surface area contributed by atoms with Gasteiger partial charge in [-0.2, -0.15) is 0 Å². The molecule has 42 heavy (non-hydrogen) atoms. The van der Waals surface area contributed by atoms with Gasteiger partial charge in [-0.25, -0.2) is 0 Å². The Hall–Kier alpha value is -4.68. The van der Waals surface area contributed by atoms with Crippen LogP contribution in [0.15, 0.2) is 97.1 Å². The Morgan fingerprint density at radius 2 is 1.52 bits per heavy atom. The van der Waals surface area contributed by atoms with Gasteiger partial charge in [-0.3, -0.25) is 14.4 Å². The van der Waals surface area contributed by atoms with Crippen molar-refractivity contribution in [2.24, 2.45) is 5.41 Å². The number of Topliss-reactive ketones (excluding diaryl/α,β-unsaturated/α-hetero) is 3. The second-order valence-electron chi connectivity index (χ2n) is 10.7. The van der Waals surface area contributed by atoms with E-state index in [0.717, 1.165) is 11.3 Å². The number of methoxy groups -OCH3 is 2. The SMILES string of the molecule is COc1ccc(OC)c([C@H]2[C@@H](C(=O)c3ccccc3)N3c4ccc(Cl)cc4C=C[C@@H]3C23C(=O)c2ccccc2C3=O)c1. The fourth-order valence-corrected chi connectivity index (χ4v) is 7.33. The molecule has 3 aliphatic rings. The predicted octanol–water partition coefficient (Wildman–Crippen LogP) is 6.67. The molecule has 1 fully saturated rings. The van der Waals surface area contributed by atoms with Gasteiger partial charge in [0.2, 0.25) is 0 Å². The Labute approximate surface area is 248 Å². The number of hydrogen-bond donors (Lipinski definition) is 0. The van der Waals surface area contributed by atoms with E-state index in [1.165, 1.54) is 0 Å². The first-order valence-electron chi connectivity index (χ1n) is 13.7. The van der Waals surface area contributed by atoms with Gasteiger partial charge in [-0.15, -0.1) is 0 Å². The van der Waals surface area contributed by atoms with E-state index in [1.54, 1.807) is 74.9 Å². The lowest BCUT2D eigenvalue weighted by molar-refractivity contribution is 0.0664. The van der Waals surface area contributed by atoms with Crippen molar-refractivity contribution in [1.29, 1.82) is 0 Å². The number of ether oxygens (including phenoxy) is 2. The van der Waals surface area contributed by atoms with Crippen LogP contribution < -0.4 is 14.4 Å². The largest absolute Gasteiger partial charge is 0.497 e. The lowest BCUT2D eigenvalue weighted by Gasteiger charge is -2.37. The summed E-state index contributed by atoms with van der Waals surface area (Å²) in [6.45, 7) is 0. The molecule has 0 aromatic heterocycles. The van der Waals surface area contributed by atoms with Crippen LogP contribution in [0.2, 0.25) is 5.02 Å². The van der Waals surface area contributed by atoms with E-state index >= 15 is 0 Å². The van der Waals surface area contributed by atoms with Gasteiger partial charge in [0.15, 0.2) is 17.3 Å². The van der Waals surface area contributed by atoms with E-state index in [-0.39, 0.29) is 17.3 Å². The second kappa shape index (κ2) is 9.71. The van der Waals surface area contributed by atoms with Crippen molar-refractivity contribution in [3.63, 3.8) is 0 Å². The number of ketones is 3. The second-order valence-corrected chi connectivity index (χ2v) is 11.2. The molecule has 1 spiro atoms.